The molecular formula is C26H21N5O4S. The summed E-state index contributed by atoms with van der Waals surface area (Å²) in [7, 11) is 0. The number of aryl methyl sites for hydroxylation is 1. The van der Waals surface area contributed by atoms with Crippen molar-refractivity contribution in [2.24, 2.45) is 10.2 Å². The molecule has 3 aromatic carbocycles. The number of phenols is 1. The number of nitrogens with one attached hydrogen (secondary N) is 2. The monoisotopic (exact) mass is 499 g/mol. The molecule has 3 amide bonds. The Hall–Kier alpha value is -4.44. The van der Waals surface area contributed by atoms with E-state index in [1.165, 1.54) is 17.0 Å². The highest BCUT2D eigenvalue weighted by atomic mass is 32.2. The number of rotatable bonds is 5. The second-order valence-electron chi connectivity index (χ2n) is 8.25. The zero-order valence-corrected chi connectivity index (χ0v) is 20.0. The molecule has 0 aromatic heterocycles. The van der Waals surface area contributed by atoms with Crippen LogP contribution in [0.4, 0.5) is 17.1 Å². The molecule has 2 aliphatic heterocycles. The second kappa shape index (κ2) is 9.67. The average molecular weight is 500 g/mol. The Kier molecular flexibility index (Phi) is 6.26. The van der Waals surface area contributed by atoms with Crippen LogP contribution < -0.4 is 15.5 Å². The van der Waals surface area contributed by atoms with Crippen molar-refractivity contribution in [3.63, 3.8) is 0 Å². The first-order chi connectivity index (χ1) is 17.4. The molecule has 0 radical (unpaired) electrons. The fourth-order valence-electron chi connectivity index (χ4n) is 3.82. The smallest absolute Gasteiger partial charge is 0.276 e. The largest absolute Gasteiger partial charge is 0.508 e. The molecule has 5 rings (SSSR count). The SMILES string of the molecule is Cc1ccc(NC(=O)C[C@H]2S/C(=N\N=C3\C(=O)Nc4ccccc43)N(c3ccc(O)cc3)C2=O)cc1. The molecular weight excluding hydrogens is 478 g/mol. The number of anilines is 3. The van der Waals surface area contributed by atoms with E-state index in [0.29, 0.717) is 22.6 Å². The van der Waals surface area contributed by atoms with Gasteiger partial charge < -0.3 is 15.7 Å². The van der Waals surface area contributed by atoms with Crippen LogP contribution in [0.25, 0.3) is 0 Å². The van der Waals surface area contributed by atoms with Gasteiger partial charge in [0, 0.05) is 17.7 Å². The molecule has 0 saturated carbocycles. The third-order valence-electron chi connectivity index (χ3n) is 5.63. The van der Waals surface area contributed by atoms with Gasteiger partial charge in [-0.2, -0.15) is 0 Å². The maximum absolute atomic E-state index is 13.3. The third kappa shape index (κ3) is 4.71. The standard InChI is InChI=1S/C26H21N5O4S/c1-15-6-8-16(9-7-15)27-22(33)14-21-25(35)31(17-10-12-18(32)13-11-17)26(36-21)30-29-23-19-4-2-3-5-20(19)28-24(23)34/h2-13,21,32H,14H2,1H3,(H,27,33)(H,28,29,34)/b30-26-/t21-/m1/s1. The normalized spacial score (nSPS) is 19.0. The van der Waals surface area contributed by atoms with E-state index in [1.807, 2.05) is 19.1 Å². The Morgan fingerprint density at radius 2 is 1.75 bits per heavy atom. The summed E-state index contributed by atoms with van der Waals surface area (Å²) in [5.74, 6) is -1.00. The highest BCUT2D eigenvalue weighted by molar-refractivity contribution is 8.16. The molecule has 9 nitrogen and oxygen atoms in total. The Bertz CT molecular complexity index is 1420. The van der Waals surface area contributed by atoms with Crippen LogP contribution in [0.1, 0.15) is 17.5 Å². The molecule has 0 bridgehead atoms. The Balaban J connectivity index is 1.42. The molecule has 180 valence electrons. The minimum atomic E-state index is -0.743. The van der Waals surface area contributed by atoms with Crippen LogP contribution in [0, 0.1) is 6.92 Å². The summed E-state index contributed by atoms with van der Waals surface area (Å²) in [6, 6.07) is 20.5. The predicted octanol–water partition coefficient (Wildman–Crippen LogP) is 3.89. The van der Waals surface area contributed by atoms with Gasteiger partial charge in [-0.3, -0.25) is 19.3 Å². The number of phenolic OH excluding ortho intramolecular Hbond substituents is 1. The number of hydrogen-bond acceptors (Lipinski definition) is 7. The fraction of sp³-hybridized carbons (Fsp3) is 0.115. The lowest BCUT2D eigenvalue weighted by Crippen LogP contribution is -2.33. The summed E-state index contributed by atoms with van der Waals surface area (Å²) in [6.07, 6.45) is -0.0785. The number of hydrogen-bond donors (Lipinski definition) is 3. The van der Waals surface area contributed by atoms with E-state index in [-0.39, 0.29) is 40.8 Å². The number of para-hydroxylation sites is 1. The molecule has 0 unspecified atom stereocenters. The Morgan fingerprint density at radius 1 is 1.03 bits per heavy atom. The van der Waals surface area contributed by atoms with Gasteiger partial charge in [-0.1, -0.05) is 47.7 Å². The van der Waals surface area contributed by atoms with Crippen LogP contribution in [-0.2, 0) is 14.4 Å². The lowest BCUT2D eigenvalue weighted by atomic mass is 10.1. The minimum absolute atomic E-state index is 0.0463. The molecule has 0 aliphatic carbocycles. The molecule has 10 heteroatoms. The fourth-order valence-corrected chi connectivity index (χ4v) is 4.90. The van der Waals surface area contributed by atoms with Gasteiger partial charge >= 0.3 is 0 Å². The van der Waals surface area contributed by atoms with Crippen molar-refractivity contribution >= 4 is 57.4 Å². The number of thioether (sulfide) groups is 1. The summed E-state index contributed by atoms with van der Waals surface area (Å²) in [5, 5.41) is 23.1. The zero-order valence-electron chi connectivity index (χ0n) is 19.1. The number of amides is 3. The predicted molar refractivity (Wildman–Crippen MR) is 140 cm³/mol. The summed E-state index contributed by atoms with van der Waals surface area (Å²) in [4.78, 5) is 39.8. The average Bonchev–Trinajstić information content (AvgIpc) is 3.35. The summed E-state index contributed by atoms with van der Waals surface area (Å²) in [5.41, 5.74) is 3.56. The first-order valence-electron chi connectivity index (χ1n) is 11.1. The zero-order chi connectivity index (χ0) is 25.2. The maximum atomic E-state index is 13.3. The van der Waals surface area contributed by atoms with Gasteiger partial charge in [0.25, 0.3) is 5.91 Å². The minimum Gasteiger partial charge on any atom is -0.508 e. The van der Waals surface area contributed by atoms with Crippen molar-refractivity contribution in [3.05, 3.63) is 83.9 Å². The second-order valence-corrected chi connectivity index (χ2v) is 9.42. The molecule has 1 atom stereocenters. The van der Waals surface area contributed by atoms with E-state index in [2.05, 4.69) is 20.8 Å². The lowest BCUT2D eigenvalue weighted by Gasteiger charge is -2.16. The molecule has 2 heterocycles. The number of amidine groups is 1. The van der Waals surface area contributed by atoms with E-state index in [9.17, 15) is 19.5 Å². The summed E-state index contributed by atoms with van der Waals surface area (Å²) < 4.78 is 0. The Labute approximate surface area is 210 Å². The molecule has 2 aliphatic rings. The van der Waals surface area contributed by atoms with E-state index >= 15 is 0 Å². The van der Waals surface area contributed by atoms with Crippen molar-refractivity contribution < 1.29 is 19.5 Å². The van der Waals surface area contributed by atoms with Crippen LogP contribution >= 0.6 is 11.8 Å². The number of benzene rings is 3. The lowest BCUT2D eigenvalue weighted by molar-refractivity contribution is -0.121. The van der Waals surface area contributed by atoms with Gasteiger partial charge in [0.15, 0.2) is 10.9 Å². The summed E-state index contributed by atoms with van der Waals surface area (Å²) >= 11 is 1.10. The van der Waals surface area contributed by atoms with Crippen LogP contribution in [0.3, 0.4) is 0 Å². The van der Waals surface area contributed by atoms with Crippen molar-refractivity contribution in [3.8, 4) is 5.75 Å². The topological polar surface area (TPSA) is 123 Å². The molecule has 3 aromatic rings. The number of carbonyl (C=O) groups is 3. The van der Waals surface area contributed by atoms with Gasteiger partial charge in [0.1, 0.15) is 11.0 Å². The van der Waals surface area contributed by atoms with Crippen molar-refractivity contribution in [1.29, 1.82) is 0 Å². The van der Waals surface area contributed by atoms with Crippen molar-refractivity contribution in [1.82, 2.24) is 0 Å². The molecule has 1 saturated heterocycles. The third-order valence-corrected chi connectivity index (χ3v) is 6.76. The Morgan fingerprint density at radius 3 is 2.50 bits per heavy atom. The van der Waals surface area contributed by atoms with Gasteiger partial charge in [-0.25, -0.2) is 0 Å². The first-order valence-corrected chi connectivity index (χ1v) is 12.0. The van der Waals surface area contributed by atoms with Gasteiger partial charge in [0.05, 0.1) is 11.4 Å². The van der Waals surface area contributed by atoms with Crippen LogP contribution in [0.2, 0.25) is 0 Å². The first kappa shape index (κ1) is 23.3. The molecule has 0 spiro atoms. The van der Waals surface area contributed by atoms with Crippen LogP contribution in [0.5, 0.6) is 5.75 Å². The number of nitrogens with zero attached hydrogens (tertiary/aromatic N) is 3. The van der Waals surface area contributed by atoms with Crippen LogP contribution in [0.15, 0.2) is 83.0 Å². The van der Waals surface area contributed by atoms with Gasteiger partial charge in [-0.15, -0.1) is 10.2 Å². The van der Waals surface area contributed by atoms with Crippen molar-refractivity contribution in [2.75, 3.05) is 15.5 Å². The molecule has 3 N–H and O–H groups in total. The van der Waals surface area contributed by atoms with E-state index in [4.69, 9.17) is 0 Å². The van der Waals surface area contributed by atoms with E-state index in [1.54, 1.807) is 48.5 Å². The van der Waals surface area contributed by atoms with Gasteiger partial charge in [-0.05, 0) is 49.4 Å². The van der Waals surface area contributed by atoms with Crippen molar-refractivity contribution in [2.45, 2.75) is 18.6 Å². The maximum Gasteiger partial charge on any atom is 0.276 e. The van der Waals surface area contributed by atoms with E-state index in [0.717, 1.165) is 17.3 Å². The molecule has 1 fully saturated rings. The number of aromatic hydroxyl groups is 1. The number of carbonyl (C=O) groups excluding carboxylic acids is 3. The van der Waals surface area contributed by atoms with Crippen LogP contribution in [-0.4, -0.2) is 39.0 Å². The van der Waals surface area contributed by atoms with Gasteiger partial charge in [0.2, 0.25) is 11.8 Å². The highest BCUT2D eigenvalue weighted by Crippen LogP contribution is 2.35. The quantitative estimate of drug-likeness (QED) is 0.460. The number of fused-ring (bicyclic) bond motifs is 1. The molecule has 36 heavy (non-hydrogen) atoms. The van der Waals surface area contributed by atoms with E-state index < -0.39 is 5.25 Å². The summed E-state index contributed by atoms with van der Waals surface area (Å²) in [6.45, 7) is 1.95. The highest BCUT2D eigenvalue weighted by Gasteiger charge is 2.40.